The van der Waals surface area contributed by atoms with Gasteiger partial charge in [0, 0.05) is 42.8 Å². The topological polar surface area (TPSA) is 54.3 Å². The Morgan fingerprint density at radius 3 is 2.65 bits per heavy atom. The number of para-hydroxylation sites is 1. The summed E-state index contributed by atoms with van der Waals surface area (Å²) in [7, 11) is 0.344. The molecule has 1 aromatic carbocycles. The number of halogens is 1. The summed E-state index contributed by atoms with van der Waals surface area (Å²) in [6.07, 6.45) is 1.92. The van der Waals surface area contributed by atoms with Gasteiger partial charge in [-0.2, -0.15) is 4.31 Å². The van der Waals surface area contributed by atoms with Crippen molar-refractivity contribution in [2.45, 2.75) is 30.7 Å². The van der Waals surface area contributed by atoms with E-state index >= 15 is 0 Å². The molecule has 1 atom stereocenters. The molecule has 5 nitrogen and oxygen atoms in total. The maximum Gasteiger partial charge on any atom is 0.245 e. The zero-order valence-electron chi connectivity index (χ0n) is 13.7. The van der Waals surface area contributed by atoms with Gasteiger partial charge in [-0.1, -0.05) is 18.2 Å². The first-order valence-corrected chi connectivity index (χ1v) is 9.12. The summed E-state index contributed by atoms with van der Waals surface area (Å²) in [6, 6.07) is 7.94. The Morgan fingerprint density at radius 2 is 1.96 bits per heavy atom. The fraction of sp³-hybridized carbons (Fsp3) is 0.500. The molecular weight excluding hydrogens is 334 g/mol. The fourth-order valence-corrected chi connectivity index (χ4v) is 5.30. The van der Waals surface area contributed by atoms with Gasteiger partial charge in [-0.05, 0) is 32.9 Å². The van der Waals surface area contributed by atoms with Gasteiger partial charge in [0.25, 0.3) is 0 Å². The van der Waals surface area contributed by atoms with E-state index in [-0.39, 0.29) is 18.4 Å². The minimum absolute atomic E-state index is 0. The van der Waals surface area contributed by atoms with Crippen LogP contribution in [0.25, 0.3) is 10.9 Å². The summed E-state index contributed by atoms with van der Waals surface area (Å²) in [6.45, 7) is 3.02. The van der Waals surface area contributed by atoms with Gasteiger partial charge >= 0.3 is 0 Å². The highest BCUT2D eigenvalue weighted by molar-refractivity contribution is 7.89. The average Bonchev–Trinajstić information content (AvgIpc) is 2.80. The third-order valence-corrected chi connectivity index (χ3v) is 6.77. The zero-order valence-corrected chi connectivity index (χ0v) is 15.4. The Bertz CT molecular complexity index is 801. The summed E-state index contributed by atoms with van der Waals surface area (Å²) in [5.74, 6) is 0. The lowest BCUT2D eigenvalue weighted by atomic mass is 10.1. The third-order valence-electron chi connectivity index (χ3n) is 4.73. The van der Waals surface area contributed by atoms with E-state index in [9.17, 15) is 8.42 Å². The van der Waals surface area contributed by atoms with Gasteiger partial charge in [0.2, 0.25) is 10.0 Å². The predicted molar refractivity (Wildman–Crippen MR) is 95.7 cm³/mol. The Balaban J connectivity index is 0.00000192. The summed E-state index contributed by atoms with van der Waals surface area (Å²) in [4.78, 5) is 0.461. The van der Waals surface area contributed by atoms with Crippen molar-refractivity contribution in [1.29, 1.82) is 0 Å². The Hall–Kier alpha value is -1.08. The van der Waals surface area contributed by atoms with Crippen LogP contribution in [0.5, 0.6) is 0 Å². The quantitative estimate of drug-likeness (QED) is 0.916. The number of rotatable bonds is 3. The minimum Gasteiger partial charge on any atom is -0.347 e. The minimum atomic E-state index is -3.47. The van der Waals surface area contributed by atoms with Crippen LogP contribution < -0.4 is 5.32 Å². The van der Waals surface area contributed by atoms with E-state index in [1.165, 1.54) is 0 Å². The smallest absolute Gasteiger partial charge is 0.245 e. The molecule has 0 aliphatic carbocycles. The van der Waals surface area contributed by atoms with E-state index in [1.807, 2.05) is 49.9 Å². The van der Waals surface area contributed by atoms with Crippen LogP contribution in [0.3, 0.4) is 0 Å². The SMILES string of the molecule is CNC1CCCN(S(=O)(=O)c2c(C)n(C)c3ccccc23)C1.Cl. The van der Waals surface area contributed by atoms with Crippen LogP contribution in [0.15, 0.2) is 29.2 Å². The van der Waals surface area contributed by atoms with E-state index in [2.05, 4.69) is 5.32 Å². The first-order valence-electron chi connectivity index (χ1n) is 7.68. The van der Waals surface area contributed by atoms with Crippen molar-refractivity contribution in [2.24, 2.45) is 7.05 Å². The van der Waals surface area contributed by atoms with Crippen LogP contribution in [-0.4, -0.2) is 43.5 Å². The van der Waals surface area contributed by atoms with Crippen molar-refractivity contribution in [3.05, 3.63) is 30.0 Å². The molecule has 0 radical (unpaired) electrons. The molecule has 3 rings (SSSR count). The Morgan fingerprint density at radius 1 is 1.26 bits per heavy atom. The summed E-state index contributed by atoms with van der Waals surface area (Å²) >= 11 is 0. The van der Waals surface area contributed by atoms with Gasteiger partial charge < -0.3 is 9.88 Å². The van der Waals surface area contributed by atoms with Crippen molar-refractivity contribution >= 4 is 33.3 Å². The molecule has 0 amide bonds. The molecule has 1 N–H and O–H groups in total. The number of piperidine rings is 1. The summed E-state index contributed by atoms with van der Waals surface area (Å²) in [5, 5.41) is 4.02. The normalized spacial score (nSPS) is 19.7. The molecule has 1 aliphatic heterocycles. The largest absolute Gasteiger partial charge is 0.347 e. The van der Waals surface area contributed by atoms with Crippen molar-refractivity contribution in [3.8, 4) is 0 Å². The van der Waals surface area contributed by atoms with Crippen LogP contribution in [0, 0.1) is 6.92 Å². The zero-order chi connectivity index (χ0) is 15.9. The fourth-order valence-electron chi connectivity index (χ4n) is 3.34. The maximum absolute atomic E-state index is 13.2. The van der Waals surface area contributed by atoms with Crippen LogP contribution in [0.1, 0.15) is 18.5 Å². The standard InChI is InChI=1S/C16H23N3O2S.ClH/c1-12-16(14-8-4-5-9-15(14)18(12)3)22(20,21)19-10-6-7-13(11-19)17-2;/h4-5,8-9,13,17H,6-7,10-11H2,1-3H3;1H. The van der Waals surface area contributed by atoms with Crippen molar-refractivity contribution in [3.63, 3.8) is 0 Å². The predicted octanol–water partition coefficient (Wildman–Crippen LogP) is 2.28. The second-order valence-corrected chi connectivity index (χ2v) is 7.86. The highest BCUT2D eigenvalue weighted by Gasteiger charge is 2.33. The number of fused-ring (bicyclic) bond motifs is 1. The van der Waals surface area contributed by atoms with Gasteiger partial charge in [-0.3, -0.25) is 0 Å². The lowest BCUT2D eigenvalue weighted by molar-refractivity contribution is 0.293. The molecule has 0 bridgehead atoms. The molecule has 2 heterocycles. The lowest BCUT2D eigenvalue weighted by Crippen LogP contribution is -2.46. The molecule has 2 aromatic rings. The molecule has 128 valence electrons. The molecule has 0 saturated carbocycles. The molecule has 1 aliphatic rings. The van der Waals surface area contributed by atoms with E-state index < -0.39 is 10.0 Å². The van der Waals surface area contributed by atoms with E-state index in [0.717, 1.165) is 29.4 Å². The number of hydrogen-bond acceptors (Lipinski definition) is 3. The van der Waals surface area contributed by atoms with Crippen LogP contribution in [0.4, 0.5) is 0 Å². The van der Waals surface area contributed by atoms with Crippen molar-refractivity contribution < 1.29 is 8.42 Å². The molecule has 23 heavy (non-hydrogen) atoms. The van der Waals surface area contributed by atoms with Crippen LogP contribution >= 0.6 is 12.4 Å². The first kappa shape index (κ1) is 18.3. The average molecular weight is 358 g/mol. The van der Waals surface area contributed by atoms with Gasteiger partial charge in [0.1, 0.15) is 4.90 Å². The number of aromatic nitrogens is 1. The van der Waals surface area contributed by atoms with Gasteiger partial charge in [-0.15, -0.1) is 12.4 Å². The number of sulfonamides is 1. The highest BCUT2D eigenvalue weighted by Crippen LogP contribution is 2.32. The summed E-state index contributed by atoms with van der Waals surface area (Å²) < 4.78 is 30.0. The number of benzene rings is 1. The van der Waals surface area contributed by atoms with E-state index in [1.54, 1.807) is 4.31 Å². The molecule has 1 aromatic heterocycles. The Labute approximate surface area is 144 Å². The van der Waals surface area contributed by atoms with Crippen LogP contribution in [-0.2, 0) is 17.1 Å². The number of nitrogens with one attached hydrogen (secondary N) is 1. The van der Waals surface area contributed by atoms with Crippen LogP contribution in [0.2, 0.25) is 0 Å². The van der Waals surface area contributed by atoms with Gasteiger partial charge in [-0.25, -0.2) is 8.42 Å². The number of hydrogen-bond donors (Lipinski definition) is 1. The molecule has 1 saturated heterocycles. The second-order valence-electron chi connectivity index (χ2n) is 5.98. The molecule has 0 spiro atoms. The van der Waals surface area contributed by atoms with Crippen molar-refractivity contribution in [1.82, 2.24) is 14.2 Å². The highest BCUT2D eigenvalue weighted by atomic mass is 35.5. The van der Waals surface area contributed by atoms with Crippen molar-refractivity contribution in [2.75, 3.05) is 20.1 Å². The van der Waals surface area contributed by atoms with Gasteiger partial charge in [0.05, 0.1) is 0 Å². The number of likely N-dealkylation sites (N-methyl/N-ethyl adjacent to an activating group) is 1. The second kappa shape index (κ2) is 6.81. The third kappa shape index (κ3) is 3.01. The molecule has 1 unspecified atom stereocenters. The number of nitrogens with zero attached hydrogens (tertiary/aromatic N) is 2. The van der Waals surface area contributed by atoms with E-state index in [4.69, 9.17) is 0 Å². The lowest BCUT2D eigenvalue weighted by Gasteiger charge is -2.31. The Kier molecular flexibility index (Phi) is 5.41. The molecular formula is C16H24ClN3O2S. The van der Waals surface area contributed by atoms with Gasteiger partial charge in [0.15, 0.2) is 0 Å². The molecule has 7 heteroatoms. The van der Waals surface area contributed by atoms with E-state index in [0.29, 0.717) is 18.0 Å². The summed E-state index contributed by atoms with van der Waals surface area (Å²) in [5.41, 5.74) is 1.76. The first-order chi connectivity index (χ1) is 10.5. The number of aryl methyl sites for hydroxylation is 1. The maximum atomic E-state index is 13.2. The monoisotopic (exact) mass is 357 g/mol. The molecule has 1 fully saturated rings.